The molecule has 1 fully saturated rings. The zero-order valence-corrected chi connectivity index (χ0v) is 9.19. The molecule has 5 nitrogen and oxygen atoms in total. The van der Waals surface area contributed by atoms with Crippen LogP contribution in [-0.4, -0.2) is 30.6 Å². The Bertz CT molecular complexity index is 377. The maximum Gasteiger partial charge on any atom is 0.237 e. The molecular weight excluding hydrogens is 206 g/mol. The van der Waals surface area contributed by atoms with Gasteiger partial charge in [-0.25, -0.2) is 4.98 Å². The van der Waals surface area contributed by atoms with Crippen molar-refractivity contribution in [3.63, 3.8) is 0 Å². The van der Waals surface area contributed by atoms with Crippen LogP contribution in [-0.2, 0) is 4.79 Å². The van der Waals surface area contributed by atoms with Crippen molar-refractivity contribution in [1.29, 1.82) is 0 Å². The third-order valence-electron chi connectivity index (χ3n) is 2.46. The van der Waals surface area contributed by atoms with Crippen molar-refractivity contribution >= 4 is 11.6 Å². The van der Waals surface area contributed by atoms with Crippen molar-refractivity contribution in [2.24, 2.45) is 5.92 Å². The number of carbonyl (C=O) groups excluding carboxylic acids is 1. The first-order valence-electron chi connectivity index (χ1n) is 5.40. The fraction of sp³-hybridized carbons (Fsp3) is 0.455. The number of carbonyl (C=O) groups is 1. The highest BCUT2D eigenvalue weighted by molar-refractivity contribution is 5.94. The minimum atomic E-state index is 0.0210. The molecule has 1 aliphatic heterocycles. The first kappa shape index (κ1) is 10.9. The molecule has 0 spiro atoms. The third-order valence-corrected chi connectivity index (χ3v) is 2.46. The van der Waals surface area contributed by atoms with E-state index in [-0.39, 0.29) is 11.8 Å². The quantitative estimate of drug-likeness (QED) is 0.783. The van der Waals surface area contributed by atoms with Crippen LogP contribution in [0.4, 0.5) is 5.69 Å². The molecular formula is C11H15N3O2. The fourth-order valence-corrected chi connectivity index (χ4v) is 1.45. The van der Waals surface area contributed by atoms with Crippen molar-refractivity contribution < 1.29 is 9.53 Å². The highest BCUT2D eigenvalue weighted by Crippen LogP contribution is 2.21. The summed E-state index contributed by atoms with van der Waals surface area (Å²) in [7, 11) is 0. The molecule has 0 saturated carbocycles. The lowest BCUT2D eigenvalue weighted by molar-refractivity contribution is -0.121. The highest BCUT2D eigenvalue weighted by Gasteiger charge is 2.25. The molecule has 0 unspecified atom stereocenters. The molecule has 1 aromatic heterocycles. The summed E-state index contributed by atoms with van der Waals surface area (Å²) in [6.45, 7) is 3.91. The van der Waals surface area contributed by atoms with Crippen LogP contribution in [0, 0.1) is 5.92 Å². The van der Waals surface area contributed by atoms with Gasteiger partial charge in [-0.2, -0.15) is 0 Å². The molecule has 1 saturated heterocycles. The number of hydrogen-bond donors (Lipinski definition) is 2. The van der Waals surface area contributed by atoms with Crippen LogP contribution in [0.2, 0.25) is 0 Å². The number of ether oxygens (including phenoxy) is 1. The Morgan fingerprint density at radius 1 is 1.69 bits per heavy atom. The van der Waals surface area contributed by atoms with Crippen LogP contribution in [0.25, 0.3) is 0 Å². The van der Waals surface area contributed by atoms with Gasteiger partial charge in [0.25, 0.3) is 0 Å². The summed E-state index contributed by atoms with van der Waals surface area (Å²) in [5, 5.41) is 5.89. The molecule has 0 radical (unpaired) electrons. The molecule has 2 rings (SSSR count). The molecule has 1 aromatic rings. The topological polar surface area (TPSA) is 63.2 Å². The zero-order chi connectivity index (χ0) is 11.4. The Labute approximate surface area is 94.2 Å². The number of aromatic nitrogens is 1. The van der Waals surface area contributed by atoms with Gasteiger partial charge < -0.3 is 15.4 Å². The van der Waals surface area contributed by atoms with Gasteiger partial charge in [0.15, 0.2) is 0 Å². The van der Waals surface area contributed by atoms with E-state index in [9.17, 15) is 4.79 Å². The first-order valence-corrected chi connectivity index (χ1v) is 5.40. The first-order chi connectivity index (χ1) is 7.81. The number of pyridine rings is 1. The lowest BCUT2D eigenvalue weighted by atomic mass is 10.0. The van der Waals surface area contributed by atoms with Crippen LogP contribution in [0.15, 0.2) is 18.3 Å². The number of nitrogens with zero attached hydrogens (tertiary/aromatic N) is 1. The predicted octanol–water partition coefficient (Wildman–Crippen LogP) is 0.638. The molecule has 16 heavy (non-hydrogen) atoms. The third kappa shape index (κ3) is 2.30. The number of hydrogen-bond acceptors (Lipinski definition) is 4. The Morgan fingerprint density at radius 2 is 2.50 bits per heavy atom. The van der Waals surface area contributed by atoms with E-state index in [4.69, 9.17) is 4.74 Å². The number of amides is 1. The molecule has 0 aromatic carbocycles. The standard InChI is InChI=1S/C11H15N3O2/c1-2-16-11-9(4-3-5-13-11)14-10(15)8-6-12-7-8/h3-5,8,12H,2,6-7H2,1H3,(H,14,15). The van der Waals surface area contributed by atoms with Crippen LogP contribution in [0.3, 0.4) is 0 Å². The SMILES string of the molecule is CCOc1ncccc1NC(=O)C1CNC1. The van der Waals surface area contributed by atoms with Crippen LogP contribution < -0.4 is 15.4 Å². The van der Waals surface area contributed by atoms with Gasteiger partial charge in [0.1, 0.15) is 5.69 Å². The van der Waals surface area contributed by atoms with E-state index >= 15 is 0 Å². The van der Waals surface area contributed by atoms with E-state index in [1.807, 2.05) is 6.92 Å². The average Bonchev–Trinajstić information content (AvgIpc) is 2.18. The lowest BCUT2D eigenvalue weighted by Crippen LogP contribution is -2.48. The molecule has 0 atom stereocenters. The van der Waals surface area contributed by atoms with E-state index in [1.54, 1.807) is 18.3 Å². The fourth-order valence-electron chi connectivity index (χ4n) is 1.45. The van der Waals surface area contributed by atoms with Crippen molar-refractivity contribution in [3.8, 4) is 5.88 Å². The van der Waals surface area contributed by atoms with Crippen molar-refractivity contribution in [2.45, 2.75) is 6.92 Å². The minimum Gasteiger partial charge on any atom is -0.476 e. The summed E-state index contributed by atoms with van der Waals surface area (Å²) in [5.41, 5.74) is 0.640. The van der Waals surface area contributed by atoms with E-state index in [2.05, 4.69) is 15.6 Å². The lowest BCUT2D eigenvalue weighted by Gasteiger charge is -2.25. The monoisotopic (exact) mass is 221 g/mol. The van der Waals surface area contributed by atoms with Gasteiger partial charge in [0.2, 0.25) is 11.8 Å². The Morgan fingerprint density at radius 3 is 3.12 bits per heavy atom. The number of anilines is 1. The molecule has 0 aliphatic carbocycles. The average molecular weight is 221 g/mol. The molecule has 1 aliphatic rings. The van der Waals surface area contributed by atoms with Crippen LogP contribution in [0.1, 0.15) is 6.92 Å². The molecule has 1 amide bonds. The molecule has 5 heteroatoms. The molecule has 0 bridgehead atoms. The van der Waals surface area contributed by atoms with Gasteiger partial charge in [-0.1, -0.05) is 0 Å². The van der Waals surface area contributed by atoms with Gasteiger partial charge in [-0.15, -0.1) is 0 Å². The van der Waals surface area contributed by atoms with E-state index in [0.29, 0.717) is 18.2 Å². The van der Waals surface area contributed by atoms with Crippen molar-refractivity contribution in [1.82, 2.24) is 10.3 Å². The second-order valence-corrected chi connectivity index (χ2v) is 3.63. The minimum absolute atomic E-state index is 0.0210. The Hall–Kier alpha value is -1.62. The van der Waals surface area contributed by atoms with Gasteiger partial charge >= 0.3 is 0 Å². The Kier molecular flexibility index (Phi) is 3.36. The van der Waals surface area contributed by atoms with Crippen molar-refractivity contribution in [2.75, 3.05) is 25.0 Å². The summed E-state index contributed by atoms with van der Waals surface area (Å²) in [6.07, 6.45) is 1.64. The second kappa shape index (κ2) is 4.94. The van der Waals surface area contributed by atoms with Gasteiger partial charge in [0, 0.05) is 19.3 Å². The summed E-state index contributed by atoms with van der Waals surface area (Å²) in [4.78, 5) is 15.8. The maximum atomic E-state index is 11.7. The Balaban J connectivity index is 2.04. The second-order valence-electron chi connectivity index (χ2n) is 3.63. The number of nitrogens with one attached hydrogen (secondary N) is 2. The zero-order valence-electron chi connectivity index (χ0n) is 9.19. The van der Waals surface area contributed by atoms with Gasteiger partial charge in [0.05, 0.1) is 12.5 Å². The number of rotatable bonds is 4. The van der Waals surface area contributed by atoms with Gasteiger partial charge in [-0.05, 0) is 19.1 Å². The maximum absolute atomic E-state index is 11.7. The molecule has 86 valence electrons. The molecule has 2 N–H and O–H groups in total. The summed E-state index contributed by atoms with van der Waals surface area (Å²) in [5.74, 6) is 0.563. The largest absolute Gasteiger partial charge is 0.476 e. The van der Waals surface area contributed by atoms with Crippen LogP contribution >= 0.6 is 0 Å². The van der Waals surface area contributed by atoms with Crippen molar-refractivity contribution in [3.05, 3.63) is 18.3 Å². The predicted molar refractivity (Wildman–Crippen MR) is 60.4 cm³/mol. The highest BCUT2D eigenvalue weighted by atomic mass is 16.5. The summed E-state index contributed by atoms with van der Waals surface area (Å²) >= 11 is 0. The van der Waals surface area contributed by atoms with Gasteiger partial charge in [-0.3, -0.25) is 4.79 Å². The van der Waals surface area contributed by atoms with E-state index in [0.717, 1.165) is 13.1 Å². The summed E-state index contributed by atoms with van der Waals surface area (Å²) < 4.78 is 5.33. The normalized spacial score (nSPS) is 15.3. The van der Waals surface area contributed by atoms with E-state index in [1.165, 1.54) is 0 Å². The smallest absolute Gasteiger partial charge is 0.237 e. The van der Waals surface area contributed by atoms with Crippen LogP contribution in [0.5, 0.6) is 5.88 Å². The summed E-state index contributed by atoms with van der Waals surface area (Å²) in [6, 6.07) is 3.57. The van der Waals surface area contributed by atoms with E-state index < -0.39 is 0 Å². The molecule has 2 heterocycles.